The first-order valence-corrected chi connectivity index (χ1v) is 4.47. The molecule has 13 heavy (non-hydrogen) atoms. The topological polar surface area (TPSA) is 17.1 Å². The van der Waals surface area contributed by atoms with E-state index in [1.807, 2.05) is 12.1 Å². The highest BCUT2D eigenvalue weighted by atomic mass is 19.1. The van der Waals surface area contributed by atoms with E-state index in [9.17, 15) is 9.18 Å². The number of Topliss-reactive ketones (excluding diaryl/α,β-unsaturated/α-hetero) is 1. The van der Waals surface area contributed by atoms with Gasteiger partial charge in [0.15, 0.2) is 5.78 Å². The average molecular weight is 178 g/mol. The molecule has 0 amide bonds. The summed E-state index contributed by atoms with van der Waals surface area (Å²) in [6, 6.07) is 5.44. The zero-order valence-electron chi connectivity index (χ0n) is 7.51. The van der Waals surface area contributed by atoms with Crippen LogP contribution in [0.5, 0.6) is 0 Å². The van der Waals surface area contributed by atoms with Crippen LogP contribution in [-0.4, -0.2) is 5.78 Å². The van der Waals surface area contributed by atoms with Crippen LogP contribution in [0.1, 0.15) is 41.0 Å². The van der Waals surface area contributed by atoms with E-state index < -0.39 is 6.17 Å². The lowest BCUT2D eigenvalue weighted by Gasteiger charge is -2.06. The van der Waals surface area contributed by atoms with Crippen molar-refractivity contribution >= 4 is 5.78 Å². The van der Waals surface area contributed by atoms with Crippen LogP contribution in [0.15, 0.2) is 18.2 Å². The number of halogens is 1. The van der Waals surface area contributed by atoms with Crippen LogP contribution >= 0.6 is 0 Å². The van der Waals surface area contributed by atoms with E-state index in [2.05, 4.69) is 0 Å². The molecule has 1 aliphatic rings. The van der Waals surface area contributed by atoms with Crippen LogP contribution in [0.2, 0.25) is 0 Å². The standard InChI is InChI=1S/C11H11FO/c1-7(13)9-4-2-3-8-5-6-10(12)11(8)9/h2-4,10H,5-6H2,1H3. The fourth-order valence-electron chi connectivity index (χ4n) is 1.93. The summed E-state index contributed by atoms with van der Waals surface area (Å²) >= 11 is 0. The van der Waals surface area contributed by atoms with Gasteiger partial charge in [0.25, 0.3) is 0 Å². The third-order valence-corrected chi connectivity index (χ3v) is 2.56. The molecule has 1 atom stereocenters. The van der Waals surface area contributed by atoms with Crippen LogP contribution in [0.25, 0.3) is 0 Å². The van der Waals surface area contributed by atoms with Crippen molar-refractivity contribution in [3.05, 3.63) is 34.9 Å². The molecule has 0 radical (unpaired) electrons. The van der Waals surface area contributed by atoms with E-state index in [4.69, 9.17) is 0 Å². The molecule has 0 aromatic heterocycles. The van der Waals surface area contributed by atoms with Gasteiger partial charge < -0.3 is 0 Å². The minimum absolute atomic E-state index is 0.0404. The number of fused-ring (bicyclic) bond motifs is 1. The fourth-order valence-corrected chi connectivity index (χ4v) is 1.93. The van der Waals surface area contributed by atoms with Crippen molar-refractivity contribution in [1.82, 2.24) is 0 Å². The number of alkyl halides is 1. The molecule has 0 N–H and O–H groups in total. The predicted molar refractivity (Wildman–Crippen MR) is 48.6 cm³/mol. The number of hydrogen-bond donors (Lipinski definition) is 0. The second-order valence-corrected chi connectivity index (χ2v) is 3.44. The molecule has 0 bridgehead atoms. The summed E-state index contributed by atoms with van der Waals surface area (Å²) in [5.74, 6) is -0.0404. The van der Waals surface area contributed by atoms with Gasteiger partial charge in [-0.2, -0.15) is 0 Å². The number of hydrogen-bond acceptors (Lipinski definition) is 1. The molecule has 0 aliphatic heterocycles. The summed E-state index contributed by atoms with van der Waals surface area (Å²) in [5, 5.41) is 0. The van der Waals surface area contributed by atoms with Crippen molar-refractivity contribution in [2.24, 2.45) is 0 Å². The summed E-state index contributed by atoms with van der Waals surface area (Å²) in [4.78, 5) is 11.2. The molecule has 1 unspecified atom stereocenters. The first-order valence-electron chi connectivity index (χ1n) is 4.47. The summed E-state index contributed by atoms with van der Waals surface area (Å²) in [5.41, 5.74) is 2.19. The second kappa shape index (κ2) is 2.95. The zero-order valence-corrected chi connectivity index (χ0v) is 7.51. The van der Waals surface area contributed by atoms with E-state index >= 15 is 0 Å². The van der Waals surface area contributed by atoms with Gasteiger partial charge in [-0.05, 0) is 30.9 Å². The van der Waals surface area contributed by atoms with E-state index in [0.717, 1.165) is 12.0 Å². The molecule has 2 rings (SSSR count). The van der Waals surface area contributed by atoms with Crippen molar-refractivity contribution in [3.63, 3.8) is 0 Å². The lowest BCUT2D eigenvalue weighted by molar-refractivity contribution is 0.101. The van der Waals surface area contributed by atoms with Gasteiger partial charge in [-0.25, -0.2) is 4.39 Å². The maximum absolute atomic E-state index is 13.4. The van der Waals surface area contributed by atoms with Gasteiger partial charge in [0.05, 0.1) is 0 Å². The Balaban J connectivity index is 2.60. The summed E-state index contributed by atoms with van der Waals surface area (Å²) < 4.78 is 13.4. The van der Waals surface area contributed by atoms with Gasteiger partial charge in [-0.15, -0.1) is 0 Å². The molecule has 2 heteroatoms. The van der Waals surface area contributed by atoms with Gasteiger partial charge in [-0.1, -0.05) is 18.2 Å². The molecule has 0 fully saturated rings. The molecule has 1 aliphatic carbocycles. The highest BCUT2D eigenvalue weighted by Gasteiger charge is 2.25. The van der Waals surface area contributed by atoms with E-state index in [1.54, 1.807) is 6.07 Å². The van der Waals surface area contributed by atoms with E-state index in [0.29, 0.717) is 17.5 Å². The molecule has 1 nitrogen and oxygen atoms in total. The molecule has 1 aromatic carbocycles. The second-order valence-electron chi connectivity index (χ2n) is 3.44. The molecular formula is C11H11FO. The number of rotatable bonds is 1. The molecule has 1 aromatic rings. The maximum atomic E-state index is 13.4. The van der Waals surface area contributed by atoms with Gasteiger partial charge >= 0.3 is 0 Å². The molecule has 0 spiro atoms. The van der Waals surface area contributed by atoms with Crippen LogP contribution in [-0.2, 0) is 6.42 Å². The Morgan fingerprint density at radius 1 is 1.54 bits per heavy atom. The minimum atomic E-state index is -0.935. The van der Waals surface area contributed by atoms with Crippen LogP contribution in [0.3, 0.4) is 0 Å². The summed E-state index contributed by atoms with van der Waals surface area (Å²) in [6.45, 7) is 1.49. The van der Waals surface area contributed by atoms with E-state index in [-0.39, 0.29) is 5.78 Å². The Morgan fingerprint density at radius 3 is 3.00 bits per heavy atom. The average Bonchev–Trinajstić information content (AvgIpc) is 2.48. The smallest absolute Gasteiger partial charge is 0.160 e. The van der Waals surface area contributed by atoms with Crippen molar-refractivity contribution in [1.29, 1.82) is 0 Å². The third kappa shape index (κ3) is 1.26. The zero-order chi connectivity index (χ0) is 9.42. The number of carbonyl (C=O) groups is 1. The van der Waals surface area contributed by atoms with Crippen LogP contribution < -0.4 is 0 Å². The van der Waals surface area contributed by atoms with Crippen molar-refractivity contribution < 1.29 is 9.18 Å². The lowest BCUT2D eigenvalue weighted by Crippen LogP contribution is -2.00. The Labute approximate surface area is 76.6 Å². The van der Waals surface area contributed by atoms with Gasteiger partial charge in [0, 0.05) is 5.56 Å². The van der Waals surface area contributed by atoms with Crippen molar-refractivity contribution in [2.45, 2.75) is 25.9 Å². The van der Waals surface area contributed by atoms with Gasteiger partial charge in [0.2, 0.25) is 0 Å². The predicted octanol–water partition coefficient (Wildman–Crippen LogP) is 2.85. The molecule has 68 valence electrons. The summed E-state index contributed by atoms with van der Waals surface area (Å²) in [6.07, 6.45) is 0.354. The SMILES string of the molecule is CC(=O)c1cccc2c1C(F)CC2. The summed E-state index contributed by atoms with van der Waals surface area (Å²) in [7, 11) is 0. The Kier molecular flexibility index (Phi) is 1.91. The quantitative estimate of drug-likeness (QED) is 0.604. The lowest BCUT2D eigenvalue weighted by atomic mass is 10.0. The highest BCUT2D eigenvalue weighted by molar-refractivity contribution is 5.96. The number of benzene rings is 1. The van der Waals surface area contributed by atoms with E-state index in [1.165, 1.54) is 6.92 Å². The van der Waals surface area contributed by atoms with Crippen LogP contribution in [0, 0.1) is 0 Å². The Bertz CT molecular complexity index is 357. The Morgan fingerprint density at radius 2 is 2.31 bits per heavy atom. The third-order valence-electron chi connectivity index (χ3n) is 2.56. The fraction of sp³-hybridized carbons (Fsp3) is 0.364. The van der Waals surface area contributed by atoms with Crippen molar-refractivity contribution in [3.8, 4) is 0 Å². The van der Waals surface area contributed by atoms with Gasteiger partial charge in [-0.3, -0.25) is 4.79 Å². The highest BCUT2D eigenvalue weighted by Crippen LogP contribution is 2.36. The molecule has 0 saturated carbocycles. The molecule has 0 saturated heterocycles. The Hall–Kier alpha value is -1.18. The first kappa shape index (κ1) is 8.42. The monoisotopic (exact) mass is 178 g/mol. The normalized spacial score (nSPS) is 20.0. The van der Waals surface area contributed by atoms with Crippen molar-refractivity contribution in [2.75, 3.05) is 0 Å². The van der Waals surface area contributed by atoms with Gasteiger partial charge in [0.1, 0.15) is 6.17 Å². The van der Waals surface area contributed by atoms with Crippen LogP contribution in [0.4, 0.5) is 4.39 Å². The maximum Gasteiger partial charge on any atom is 0.160 e. The molecule has 0 heterocycles. The molecular weight excluding hydrogens is 167 g/mol. The number of ketones is 1. The first-order chi connectivity index (χ1) is 6.20. The number of carbonyl (C=O) groups excluding carboxylic acids is 1. The minimum Gasteiger partial charge on any atom is -0.294 e. The number of aryl methyl sites for hydroxylation is 1. The largest absolute Gasteiger partial charge is 0.294 e.